The predicted octanol–water partition coefficient (Wildman–Crippen LogP) is 3.58. The minimum Gasteiger partial charge on any atom is -0.315 e. The summed E-state index contributed by atoms with van der Waals surface area (Å²) >= 11 is 5.01. The number of benzene rings is 2. The van der Waals surface area contributed by atoms with Crippen LogP contribution in [-0.2, 0) is 4.87 Å². The minimum absolute atomic E-state index is 0.0587. The van der Waals surface area contributed by atoms with Crippen molar-refractivity contribution in [3.63, 3.8) is 0 Å². The van der Waals surface area contributed by atoms with Gasteiger partial charge in [0.15, 0.2) is 0 Å². The molecule has 0 aromatic heterocycles. The van der Waals surface area contributed by atoms with Crippen molar-refractivity contribution in [2.24, 2.45) is 0 Å². The molecule has 3 heteroatoms. The lowest BCUT2D eigenvalue weighted by Crippen LogP contribution is -2.45. The van der Waals surface area contributed by atoms with E-state index in [0.717, 1.165) is 11.1 Å². The van der Waals surface area contributed by atoms with E-state index in [-0.39, 0.29) is 11.8 Å². The minimum atomic E-state index is -0.593. The van der Waals surface area contributed by atoms with Crippen LogP contribution in [0.1, 0.15) is 27.4 Å². The van der Waals surface area contributed by atoms with Crippen LogP contribution < -0.4 is 0 Å². The number of amides is 1. The number of carbonyl (C=O) groups excluding carboxylic acids is 1. The molecule has 0 radical (unpaired) electrons. The lowest BCUT2D eigenvalue weighted by atomic mass is 9.84. The average Bonchev–Trinajstić information content (AvgIpc) is 2.77. The Morgan fingerprint density at radius 2 is 1.76 bits per heavy atom. The molecule has 2 aromatic rings. The van der Waals surface area contributed by atoms with Crippen LogP contribution in [-0.4, -0.2) is 17.4 Å². The maximum Gasteiger partial charge on any atom is 0.255 e. The Kier molecular flexibility index (Phi) is 2.73. The third-order valence-electron chi connectivity index (χ3n) is 4.42. The number of thiol groups is 1. The van der Waals surface area contributed by atoms with E-state index in [1.807, 2.05) is 47.4 Å². The second-order valence-electron chi connectivity index (χ2n) is 5.50. The number of hydrogen-bond donors (Lipinski definition) is 1. The molecule has 0 saturated heterocycles. The predicted molar refractivity (Wildman–Crippen MR) is 86.5 cm³/mol. The maximum absolute atomic E-state index is 12.7. The Bertz CT molecular complexity index is 740. The quantitative estimate of drug-likeness (QED) is 0.629. The summed E-state index contributed by atoms with van der Waals surface area (Å²) in [5, 5.41) is 0. The molecule has 1 amide bonds. The number of fused-ring (bicyclic) bond motifs is 3. The van der Waals surface area contributed by atoms with E-state index in [1.165, 1.54) is 5.56 Å². The molecule has 0 aliphatic carbocycles. The molecule has 21 heavy (non-hydrogen) atoms. The van der Waals surface area contributed by atoms with Gasteiger partial charge in [0.1, 0.15) is 4.87 Å². The highest BCUT2D eigenvalue weighted by Crippen LogP contribution is 2.53. The fraction of sp³-hybridized carbons (Fsp3) is 0.167. The van der Waals surface area contributed by atoms with Gasteiger partial charge in [0.05, 0.1) is 0 Å². The molecular weight excluding hydrogens is 278 g/mol. The van der Waals surface area contributed by atoms with E-state index >= 15 is 0 Å². The van der Waals surface area contributed by atoms with E-state index in [4.69, 9.17) is 12.6 Å². The van der Waals surface area contributed by atoms with Crippen molar-refractivity contribution in [3.8, 4) is 0 Å². The number of rotatable bonds is 1. The van der Waals surface area contributed by atoms with Gasteiger partial charge in [-0.05, 0) is 11.6 Å². The van der Waals surface area contributed by atoms with Crippen molar-refractivity contribution < 1.29 is 4.79 Å². The first-order chi connectivity index (χ1) is 10.2. The highest BCUT2D eigenvalue weighted by molar-refractivity contribution is 7.81. The Hall–Kier alpha value is -2.00. The van der Waals surface area contributed by atoms with Gasteiger partial charge in [-0.1, -0.05) is 60.7 Å². The lowest BCUT2D eigenvalue weighted by Gasteiger charge is -2.42. The first-order valence-corrected chi connectivity index (χ1v) is 7.53. The zero-order valence-corrected chi connectivity index (χ0v) is 12.3. The molecule has 0 unspecified atom stereocenters. The van der Waals surface area contributed by atoms with Gasteiger partial charge in [0.2, 0.25) is 0 Å². The molecule has 2 aliphatic rings. The molecule has 2 atom stereocenters. The second-order valence-corrected chi connectivity index (χ2v) is 6.19. The third-order valence-corrected chi connectivity index (χ3v) is 5.18. The lowest BCUT2D eigenvalue weighted by molar-refractivity contribution is 0.0692. The molecule has 2 heterocycles. The molecule has 104 valence electrons. The summed E-state index contributed by atoms with van der Waals surface area (Å²) < 4.78 is 0. The van der Waals surface area contributed by atoms with Gasteiger partial charge in [-0.15, -0.1) is 12.6 Å². The highest BCUT2D eigenvalue weighted by atomic mass is 32.1. The molecule has 0 fully saturated rings. The van der Waals surface area contributed by atoms with Gasteiger partial charge >= 0.3 is 0 Å². The van der Waals surface area contributed by atoms with Gasteiger partial charge in [-0.3, -0.25) is 4.79 Å². The van der Waals surface area contributed by atoms with Gasteiger partial charge < -0.3 is 4.90 Å². The van der Waals surface area contributed by atoms with Crippen LogP contribution in [0.4, 0.5) is 0 Å². The first kappa shape index (κ1) is 12.7. The standard InChI is InChI=1S/C18H15NOS/c20-17-14-9-4-5-10-16(14)18(21)15(11-6-12-19(17)18)13-7-2-1-3-8-13/h1-11,15,21H,12H2/t15-,18+/m0/s1. The zero-order chi connectivity index (χ0) is 14.4. The number of hydrogen-bond acceptors (Lipinski definition) is 2. The van der Waals surface area contributed by atoms with Crippen molar-refractivity contribution in [1.29, 1.82) is 0 Å². The largest absolute Gasteiger partial charge is 0.315 e. The maximum atomic E-state index is 12.7. The highest BCUT2D eigenvalue weighted by Gasteiger charge is 2.52. The Balaban J connectivity index is 1.94. The summed E-state index contributed by atoms with van der Waals surface area (Å²) in [7, 11) is 0. The van der Waals surface area contributed by atoms with E-state index in [1.54, 1.807) is 0 Å². The van der Waals surface area contributed by atoms with Crippen molar-refractivity contribution in [2.45, 2.75) is 10.8 Å². The molecule has 0 N–H and O–H groups in total. The van der Waals surface area contributed by atoms with Crippen molar-refractivity contribution >= 4 is 18.5 Å². The van der Waals surface area contributed by atoms with Crippen LogP contribution in [0.5, 0.6) is 0 Å². The fourth-order valence-corrected chi connectivity index (χ4v) is 4.04. The molecule has 2 nitrogen and oxygen atoms in total. The van der Waals surface area contributed by atoms with Crippen LogP contribution in [0.15, 0.2) is 66.7 Å². The van der Waals surface area contributed by atoms with Crippen molar-refractivity contribution in [3.05, 3.63) is 83.4 Å². The zero-order valence-electron chi connectivity index (χ0n) is 11.4. The number of nitrogens with zero attached hydrogens (tertiary/aromatic N) is 1. The summed E-state index contributed by atoms with van der Waals surface area (Å²) in [5.74, 6) is 0.134. The van der Waals surface area contributed by atoms with Crippen LogP contribution in [0.2, 0.25) is 0 Å². The number of carbonyl (C=O) groups is 1. The smallest absolute Gasteiger partial charge is 0.255 e. The summed E-state index contributed by atoms with van der Waals surface area (Å²) in [5.41, 5.74) is 2.96. The second kappa shape index (κ2) is 4.50. The molecule has 2 aliphatic heterocycles. The van der Waals surface area contributed by atoms with Crippen LogP contribution in [0.25, 0.3) is 0 Å². The van der Waals surface area contributed by atoms with E-state index in [0.29, 0.717) is 6.54 Å². The average molecular weight is 293 g/mol. The van der Waals surface area contributed by atoms with Crippen LogP contribution >= 0.6 is 12.6 Å². The molecule has 2 aromatic carbocycles. The molecule has 4 rings (SSSR count). The first-order valence-electron chi connectivity index (χ1n) is 7.08. The Morgan fingerprint density at radius 1 is 1.05 bits per heavy atom. The summed E-state index contributed by atoms with van der Waals surface area (Å²) in [6.07, 6.45) is 4.24. The molecule has 0 spiro atoms. The monoisotopic (exact) mass is 293 g/mol. The van der Waals surface area contributed by atoms with E-state index < -0.39 is 4.87 Å². The SMILES string of the molecule is O=C1c2ccccc2[C@]2(S)[C@H](c3ccccc3)C=CCN12. The third kappa shape index (κ3) is 1.64. The Labute approximate surface area is 129 Å². The molecular formula is C18H15NOS. The van der Waals surface area contributed by atoms with Gasteiger partial charge in [-0.2, -0.15) is 0 Å². The molecule has 0 saturated carbocycles. The topological polar surface area (TPSA) is 20.3 Å². The summed E-state index contributed by atoms with van der Waals surface area (Å²) in [4.78, 5) is 13.9. The Morgan fingerprint density at radius 3 is 2.57 bits per heavy atom. The molecule has 0 bridgehead atoms. The van der Waals surface area contributed by atoms with Crippen molar-refractivity contribution in [1.82, 2.24) is 4.90 Å². The van der Waals surface area contributed by atoms with Gasteiger partial charge in [0, 0.05) is 23.6 Å². The summed E-state index contributed by atoms with van der Waals surface area (Å²) in [6, 6.07) is 18.1. The summed E-state index contributed by atoms with van der Waals surface area (Å²) in [6.45, 7) is 0.611. The van der Waals surface area contributed by atoms with Gasteiger partial charge in [0.25, 0.3) is 5.91 Å². The van der Waals surface area contributed by atoms with E-state index in [9.17, 15) is 4.79 Å². The fourth-order valence-electron chi connectivity index (χ4n) is 3.43. The van der Waals surface area contributed by atoms with Crippen molar-refractivity contribution in [2.75, 3.05) is 6.54 Å². The van der Waals surface area contributed by atoms with E-state index in [2.05, 4.69) is 24.3 Å². The van der Waals surface area contributed by atoms with Crippen LogP contribution in [0, 0.1) is 0 Å². The van der Waals surface area contributed by atoms with Crippen LogP contribution in [0.3, 0.4) is 0 Å². The van der Waals surface area contributed by atoms with Gasteiger partial charge in [-0.25, -0.2) is 0 Å². The normalized spacial score (nSPS) is 26.6.